The van der Waals surface area contributed by atoms with Crippen LogP contribution in [0.4, 0.5) is 0 Å². The minimum Gasteiger partial charge on any atom is -0.486 e. The number of nitrogens with zero attached hydrogens (tertiary/aromatic N) is 2. The predicted molar refractivity (Wildman–Crippen MR) is 141 cm³/mol. The molecule has 0 spiro atoms. The van der Waals surface area contributed by atoms with Crippen molar-refractivity contribution in [3.05, 3.63) is 69.7 Å². The summed E-state index contributed by atoms with van der Waals surface area (Å²) in [5.41, 5.74) is 2.75. The topological polar surface area (TPSA) is 90.0 Å². The Labute approximate surface area is 220 Å². The van der Waals surface area contributed by atoms with Gasteiger partial charge in [0.1, 0.15) is 24.2 Å². The SMILES string of the molecule is Cc1ccc(OCC(=O)N2CCC(c3nc(C(=O)NCC4COc5ccccc5O4)cs3)CC2)cc1C. The van der Waals surface area contributed by atoms with Crippen LogP contribution in [0.15, 0.2) is 47.8 Å². The van der Waals surface area contributed by atoms with Crippen LogP contribution >= 0.6 is 11.3 Å². The molecule has 8 nitrogen and oxygen atoms in total. The van der Waals surface area contributed by atoms with Gasteiger partial charge in [0.25, 0.3) is 11.8 Å². The quantitative estimate of drug-likeness (QED) is 0.503. The number of aryl methyl sites for hydroxylation is 2. The van der Waals surface area contributed by atoms with Crippen LogP contribution in [0, 0.1) is 13.8 Å². The van der Waals surface area contributed by atoms with Gasteiger partial charge in [0.15, 0.2) is 18.1 Å². The van der Waals surface area contributed by atoms with E-state index in [9.17, 15) is 9.59 Å². The summed E-state index contributed by atoms with van der Waals surface area (Å²) in [4.78, 5) is 31.8. The number of para-hydroxylation sites is 2. The van der Waals surface area contributed by atoms with E-state index in [0.29, 0.717) is 43.4 Å². The van der Waals surface area contributed by atoms with Gasteiger partial charge in [-0.3, -0.25) is 9.59 Å². The van der Waals surface area contributed by atoms with E-state index in [1.807, 2.05) is 61.2 Å². The highest BCUT2D eigenvalue weighted by atomic mass is 32.1. The van der Waals surface area contributed by atoms with E-state index in [1.165, 1.54) is 16.9 Å². The van der Waals surface area contributed by atoms with Gasteiger partial charge in [-0.25, -0.2) is 4.98 Å². The molecule has 2 amide bonds. The first kappa shape index (κ1) is 25.1. The highest BCUT2D eigenvalue weighted by Crippen LogP contribution is 2.32. The lowest BCUT2D eigenvalue weighted by atomic mass is 9.97. The number of hydrogen-bond donors (Lipinski definition) is 1. The third-order valence-electron chi connectivity index (χ3n) is 6.85. The number of benzene rings is 2. The molecule has 1 unspecified atom stereocenters. The minimum atomic E-state index is -0.252. The van der Waals surface area contributed by atoms with Crippen molar-refractivity contribution in [3.63, 3.8) is 0 Å². The molecule has 37 heavy (non-hydrogen) atoms. The normalized spacial score (nSPS) is 17.4. The minimum absolute atomic E-state index is 0.00702. The largest absolute Gasteiger partial charge is 0.486 e. The first-order valence-electron chi connectivity index (χ1n) is 12.6. The lowest BCUT2D eigenvalue weighted by molar-refractivity contribution is -0.134. The van der Waals surface area contributed by atoms with Crippen LogP contribution < -0.4 is 19.5 Å². The van der Waals surface area contributed by atoms with Crippen molar-refractivity contribution < 1.29 is 23.8 Å². The van der Waals surface area contributed by atoms with Gasteiger partial charge in [0.2, 0.25) is 0 Å². The average Bonchev–Trinajstić information content (AvgIpc) is 3.43. The molecule has 2 aliphatic heterocycles. The summed E-state index contributed by atoms with van der Waals surface area (Å²) < 4.78 is 17.3. The summed E-state index contributed by atoms with van der Waals surface area (Å²) >= 11 is 1.50. The molecule has 5 rings (SSSR count). The summed E-state index contributed by atoms with van der Waals surface area (Å²) in [7, 11) is 0. The van der Waals surface area contributed by atoms with Crippen LogP contribution in [0.2, 0.25) is 0 Å². The second kappa shape index (κ2) is 11.2. The van der Waals surface area contributed by atoms with E-state index in [-0.39, 0.29) is 30.4 Å². The van der Waals surface area contributed by atoms with E-state index < -0.39 is 0 Å². The maximum atomic E-state index is 12.7. The number of aromatic nitrogens is 1. The molecule has 9 heteroatoms. The lowest BCUT2D eigenvalue weighted by Gasteiger charge is -2.31. The van der Waals surface area contributed by atoms with E-state index in [1.54, 1.807) is 5.38 Å². The number of hydrogen-bond acceptors (Lipinski definition) is 7. The van der Waals surface area contributed by atoms with Gasteiger partial charge in [-0.15, -0.1) is 11.3 Å². The number of carbonyl (C=O) groups excluding carboxylic acids is 2. The number of piperidine rings is 1. The molecule has 3 heterocycles. The Hall–Kier alpha value is -3.59. The first-order valence-corrected chi connectivity index (χ1v) is 13.4. The Morgan fingerprint density at radius 3 is 2.68 bits per heavy atom. The van der Waals surface area contributed by atoms with E-state index in [4.69, 9.17) is 14.2 Å². The lowest BCUT2D eigenvalue weighted by Crippen LogP contribution is -2.41. The van der Waals surface area contributed by atoms with Crippen molar-refractivity contribution in [1.29, 1.82) is 0 Å². The summed E-state index contributed by atoms with van der Waals surface area (Å²) in [5, 5.41) is 5.64. The molecule has 1 aromatic heterocycles. The fourth-order valence-electron chi connectivity index (χ4n) is 4.46. The molecular formula is C28H31N3O5S. The van der Waals surface area contributed by atoms with Crippen LogP contribution in [0.25, 0.3) is 0 Å². The summed E-state index contributed by atoms with van der Waals surface area (Å²) in [6.45, 7) is 6.14. The third-order valence-corrected chi connectivity index (χ3v) is 7.86. The molecule has 0 radical (unpaired) electrons. The van der Waals surface area contributed by atoms with Crippen LogP contribution in [0.1, 0.15) is 45.4 Å². The van der Waals surface area contributed by atoms with Gasteiger partial charge in [0.05, 0.1) is 11.6 Å². The zero-order valence-electron chi connectivity index (χ0n) is 21.1. The van der Waals surface area contributed by atoms with Crippen molar-refractivity contribution in [2.45, 2.75) is 38.7 Å². The van der Waals surface area contributed by atoms with Crippen molar-refractivity contribution in [3.8, 4) is 17.2 Å². The molecule has 0 saturated carbocycles. The number of ether oxygens (including phenoxy) is 3. The highest BCUT2D eigenvalue weighted by molar-refractivity contribution is 7.09. The van der Waals surface area contributed by atoms with Crippen molar-refractivity contribution >= 4 is 23.2 Å². The molecule has 1 fully saturated rings. The average molecular weight is 522 g/mol. The Balaban J connectivity index is 1.06. The summed E-state index contributed by atoms with van der Waals surface area (Å²) in [6, 6.07) is 13.4. The van der Waals surface area contributed by atoms with E-state index in [0.717, 1.165) is 29.2 Å². The zero-order valence-corrected chi connectivity index (χ0v) is 21.9. The van der Waals surface area contributed by atoms with Crippen LogP contribution in [0.5, 0.6) is 17.2 Å². The number of fused-ring (bicyclic) bond motifs is 1. The predicted octanol–water partition coefficient (Wildman–Crippen LogP) is 4.11. The Morgan fingerprint density at radius 1 is 1.11 bits per heavy atom. The monoisotopic (exact) mass is 521 g/mol. The Kier molecular flexibility index (Phi) is 7.60. The molecule has 0 bridgehead atoms. The zero-order chi connectivity index (χ0) is 25.8. The smallest absolute Gasteiger partial charge is 0.270 e. The number of rotatable bonds is 7. The number of thiazole rings is 1. The third kappa shape index (κ3) is 6.05. The molecule has 2 aliphatic rings. The summed E-state index contributed by atoms with van der Waals surface area (Å²) in [6.07, 6.45) is 1.38. The fraction of sp³-hybridized carbons (Fsp3) is 0.393. The van der Waals surface area contributed by atoms with Gasteiger partial charge < -0.3 is 24.4 Å². The molecule has 1 saturated heterocycles. The van der Waals surface area contributed by atoms with Gasteiger partial charge in [-0.2, -0.15) is 0 Å². The maximum Gasteiger partial charge on any atom is 0.270 e. The van der Waals surface area contributed by atoms with Crippen molar-refractivity contribution in [2.24, 2.45) is 0 Å². The second-order valence-electron chi connectivity index (χ2n) is 9.47. The van der Waals surface area contributed by atoms with Crippen molar-refractivity contribution in [2.75, 3.05) is 32.8 Å². The maximum absolute atomic E-state index is 12.7. The second-order valence-corrected chi connectivity index (χ2v) is 10.4. The molecule has 0 aliphatic carbocycles. The number of carbonyl (C=O) groups is 2. The van der Waals surface area contributed by atoms with Crippen LogP contribution in [0.3, 0.4) is 0 Å². The summed E-state index contributed by atoms with van der Waals surface area (Å²) in [5.74, 6) is 2.13. The molecule has 194 valence electrons. The fourth-order valence-corrected chi connectivity index (χ4v) is 5.43. The van der Waals surface area contributed by atoms with Crippen LogP contribution in [-0.4, -0.2) is 60.7 Å². The molecular weight excluding hydrogens is 490 g/mol. The Morgan fingerprint density at radius 2 is 1.89 bits per heavy atom. The van der Waals surface area contributed by atoms with Crippen molar-refractivity contribution in [1.82, 2.24) is 15.2 Å². The molecule has 3 aromatic rings. The standard InChI is InChI=1S/C28H31N3O5S/c1-18-7-8-21(13-19(18)2)34-16-26(32)31-11-9-20(10-12-31)28-30-23(17-37-28)27(33)29-14-22-15-35-24-5-3-4-6-25(24)36-22/h3-8,13,17,20,22H,9-12,14-16H2,1-2H3,(H,29,33). The Bertz CT molecular complexity index is 1270. The molecule has 1 N–H and O–H groups in total. The number of likely N-dealkylation sites (tertiary alicyclic amines) is 1. The number of nitrogens with one attached hydrogen (secondary N) is 1. The van der Waals surface area contributed by atoms with E-state index in [2.05, 4.69) is 10.3 Å². The van der Waals surface area contributed by atoms with Crippen LogP contribution in [-0.2, 0) is 4.79 Å². The first-order chi connectivity index (χ1) is 18.0. The van der Waals surface area contributed by atoms with Gasteiger partial charge in [0, 0.05) is 24.4 Å². The van der Waals surface area contributed by atoms with Gasteiger partial charge in [-0.05, 0) is 62.1 Å². The van der Waals surface area contributed by atoms with Gasteiger partial charge >= 0.3 is 0 Å². The van der Waals surface area contributed by atoms with E-state index >= 15 is 0 Å². The van der Waals surface area contributed by atoms with Gasteiger partial charge in [-0.1, -0.05) is 18.2 Å². The highest BCUT2D eigenvalue weighted by Gasteiger charge is 2.27. The molecule has 2 aromatic carbocycles. The number of amides is 2. The molecule has 1 atom stereocenters.